The maximum absolute atomic E-state index is 12.7. The van der Waals surface area contributed by atoms with Crippen molar-refractivity contribution in [3.8, 4) is 0 Å². The van der Waals surface area contributed by atoms with Crippen LogP contribution in [-0.2, 0) is 16.1 Å². The second-order valence-corrected chi connectivity index (χ2v) is 7.52. The number of rotatable bonds is 8. The average molecular weight is 409 g/mol. The molecule has 0 fully saturated rings. The van der Waals surface area contributed by atoms with Gasteiger partial charge in [0.1, 0.15) is 5.65 Å². The monoisotopic (exact) mass is 408 g/mol. The molecular formula is C23H28N4O3. The minimum absolute atomic E-state index is 0.118. The van der Waals surface area contributed by atoms with Gasteiger partial charge < -0.3 is 10.1 Å². The second-order valence-electron chi connectivity index (χ2n) is 7.52. The third-order valence-corrected chi connectivity index (χ3v) is 5.10. The summed E-state index contributed by atoms with van der Waals surface area (Å²) in [7, 11) is 1.62. The van der Waals surface area contributed by atoms with Gasteiger partial charge in [-0.25, -0.2) is 4.98 Å². The van der Waals surface area contributed by atoms with Gasteiger partial charge in [0.15, 0.2) is 0 Å². The number of carbonyl (C=O) groups excluding carboxylic acids is 1. The minimum Gasteiger partial charge on any atom is -0.383 e. The molecule has 0 saturated carbocycles. The molecule has 1 amide bonds. The molecule has 1 N–H and O–H groups in total. The normalized spacial score (nSPS) is 11.2. The number of hydrogen-bond acceptors (Lipinski definition) is 5. The zero-order valence-electron chi connectivity index (χ0n) is 17.9. The lowest BCUT2D eigenvalue weighted by molar-refractivity contribution is -0.117. The molecule has 0 aliphatic rings. The maximum atomic E-state index is 12.7. The van der Waals surface area contributed by atoms with Gasteiger partial charge >= 0.3 is 0 Å². The van der Waals surface area contributed by atoms with E-state index in [2.05, 4.69) is 10.3 Å². The van der Waals surface area contributed by atoms with E-state index < -0.39 is 0 Å². The molecule has 0 aliphatic carbocycles. The summed E-state index contributed by atoms with van der Waals surface area (Å²) in [6, 6.07) is 11.1. The number of pyridine rings is 1. The molecule has 0 unspecified atom stereocenters. The first-order chi connectivity index (χ1) is 14.4. The van der Waals surface area contributed by atoms with E-state index in [0.29, 0.717) is 31.0 Å². The fraction of sp³-hybridized carbons (Fsp3) is 0.348. The van der Waals surface area contributed by atoms with Gasteiger partial charge in [-0.2, -0.15) is 0 Å². The van der Waals surface area contributed by atoms with Gasteiger partial charge in [0, 0.05) is 38.1 Å². The van der Waals surface area contributed by atoms with Crippen molar-refractivity contribution in [2.45, 2.75) is 27.3 Å². The predicted octanol–water partition coefficient (Wildman–Crippen LogP) is 2.71. The van der Waals surface area contributed by atoms with Gasteiger partial charge in [-0.15, -0.1) is 0 Å². The first-order valence-electron chi connectivity index (χ1n) is 9.93. The summed E-state index contributed by atoms with van der Waals surface area (Å²) in [5.74, 6) is -0.118. The Morgan fingerprint density at radius 3 is 2.77 bits per heavy atom. The Labute approximate surface area is 176 Å². The number of nitrogens with one attached hydrogen (secondary N) is 1. The number of aromatic nitrogens is 2. The molecule has 2 heterocycles. The van der Waals surface area contributed by atoms with Crippen molar-refractivity contribution < 1.29 is 9.53 Å². The lowest BCUT2D eigenvalue weighted by Crippen LogP contribution is -2.36. The summed E-state index contributed by atoms with van der Waals surface area (Å²) < 4.78 is 6.73. The molecule has 0 aliphatic heterocycles. The van der Waals surface area contributed by atoms with Crippen molar-refractivity contribution in [1.82, 2.24) is 14.3 Å². The first kappa shape index (κ1) is 21.7. The quantitative estimate of drug-likeness (QED) is 0.620. The number of nitrogens with zero attached hydrogens (tertiary/aromatic N) is 3. The molecule has 7 nitrogen and oxygen atoms in total. The van der Waals surface area contributed by atoms with Crippen LogP contribution in [0.15, 0.2) is 47.4 Å². The molecule has 158 valence electrons. The number of hydrogen-bond donors (Lipinski definition) is 1. The number of anilines is 1. The number of benzene rings is 1. The molecule has 0 bridgehead atoms. The van der Waals surface area contributed by atoms with Crippen molar-refractivity contribution in [1.29, 1.82) is 0 Å². The summed E-state index contributed by atoms with van der Waals surface area (Å²) in [5, 5.41) is 2.98. The van der Waals surface area contributed by atoms with Gasteiger partial charge in [0.2, 0.25) is 5.91 Å². The van der Waals surface area contributed by atoms with Crippen LogP contribution in [0.5, 0.6) is 0 Å². The van der Waals surface area contributed by atoms with Crippen LogP contribution in [0.2, 0.25) is 0 Å². The van der Waals surface area contributed by atoms with Crippen LogP contribution in [0.4, 0.5) is 5.69 Å². The zero-order valence-corrected chi connectivity index (χ0v) is 17.9. The highest BCUT2D eigenvalue weighted by atomic mass is 16.5. The lowest BCUT2D eigenvalue weighted by Gasteiger charge is -2.21. The van der Waals surface area contributed by atoms with E-state index in [1.165, 1.54) is 10.5 Å². The summed E-state index contributed by atoms with van der Waals surface area (Å²) in [5.41, 5.74) is 5.06. The van der Waals surface area contributed by atoms with E-state index in [0.717, 1.165) is 22.4 Å². The minimum atomic E-state index is -0.134. The highest BCUT2D eigenvalue weighted by molar-refractivity contribution is 5.93. The summed E-state index contributed by atoms with van der Waals surface area (Å²) in [6.45, 7) is 7.51. The molecular weight excluding hydrogens is 380 g/mol. The van der Waals surface area contributed by atoms with Crippen LogP contribution in [0, 0.1) is 20.8 Å². The number of carbonyl (C=O) groups is 1. The SMILES string of the molecule is COCCN(CC(=O)Nc1cccc(C)c1C)Cc1cc(=O)n2cc(C)ccc2n1. The van der Waals surface area contributed by atoms with Crippen LogP contribution >= 0.6 is 0 Å². The van der Waals surface area contributed by atoms with Gasteiger partial charge in [-0.05, 0) is 49.6 Å². The molecule has 7 heteroatoms. The van der Waals surface area contributed by atoms with E-state index >= 15 is 0 Å². The third kappa shape index (κ3) is 5.31. The first-order valence-corrected chi connectivity index (χ1v) is 9.93. The third-order valence-electron chi connectivity index (χ3n) is 5.10. The van der Waals surface area contributed by atoms with Crippen LogP contribution in [0.25, 0.3) is 5.65 Å². The Hall–Kier alpha value is -3.03. The fourth-order valence-electron chi connectivity index (χ4n) is 3.28. The second kappa shape index (κ2) is 9.65. The van der Waals surface area contributed by atoms with Gasteiger partial charge in [-0.1, -0.05) is 18.2 Å². The molecule has 0 spiro atoms. The molecule has 30 heavy (non-hydrogen) atoms. The van der Waals surface area contributed by atoms with Crippen LogP contribution < -0.4 is 10.9 Å². The molecule has 3 aromatic rings. The summed E-state index contributed by atoms with van der Waals surface area (Å²) in [4.78, 5) is 31.7. The number of methoxy groups -OCH3 is 1. The predicted molar refractivity (Wildman–Crippen MR) is 118 cm³/mol. The highest BCUT2D eigenvalue weighted by Gasteiger charge is 2.14. The van der Waals surface area contributed by atoms with Crippen molar-refractivity contribution in [2.75, 3.05) is 32.1 Å². The van der Waals surface area contributed by atoms with E-state index in [4.69, 9.17) is 4.74 Å². The van der Waals surface area contributed by atoms with E-state index in [-0.39, 0.29) is 18.0 Å². The van der Waals surface area contributed by atoms with Crippen LogP contribution in [0.1, 0.15) is 22.4 Å². The molecule has 0 atom stereocenters. The Kier molecular flexibility index (Phi) is 6.97. The fourth-order valence-corrected chi connectivity index (χ4v) is 3.28. The zero-order chi connectivity index (χ0) is 21.7. The standard InChI is InChI=1S/C23H28N4O3/c1-16-8-9-21-24-19(12-23(29)27(21)13-16)14-26(10-11-30-4)15-22(28)25-20-7-5-6-17(2)18(20)3/h5-9,12-13H,10-11,14-15H2,1-4H3,(H,25,28). The van der Waals surface area contributed by atoms with Gasteiger partial charge in [0.05, 0.1) is 18.8 Å². The topological polar surface area (TPSA) is 75.9 Å². The molecule has 2 aromatic heterocycles. The van der Waals surface area contributed by atoms with Crippen LogP contribution in [0.3, 0.4) is 0 Å². The summed E-state index contributed by atoms with van der Waals surface area (Å²) in [6.07, 6.45) is 1.77. The van der Waals surface area contributed by atoms with Crippen molar-refractivity contribution >= 4 is 17.2 Å². The number of amides is 1. The summed E-state index contributed by atoms with van der Waals surface area (Å²) >= 11 is 0. The lowest BCUT2D eigenvalue weighted by atomic mass is 10.1. The Bertz CT molecular complexity index is 1110. The van der Waals surface area contributed by atoms with Crippen molar-refractivity contribution in [3.63, 3.8) is 0 Å². The number of ether oxygens (including phenoxy) is 1. The van der Waals surface area contributed by atoms with E-state index in [9.17, 15) is 9.59 Å². The van der Waals surface area contributed by atoms with E-state index in [1.54, 1.807) is 13.3 Å². The van der Waals surface area contributed by atoms with E-state index in [1.807, 2.05) is 56.0 Å². The largest absolute Gasteiger partial charge is 0.383 e. The smallest absolute Gasteiger partial charge is 0.258 e. The Balaban J connectivity index is 1.76. The Morgan fingerprint density at radius 2 is 2.00 bits per heavy atom. The number of aryl methyl sites for hydroxylation is 2. The van der Waals surface area contributed by atoms with Crippen molar-refractivity contribution in [3.05, 3.63) is 75.3 Å². The van der Waals surface area contributed by atoms with Gasteiger partial charge in [-0.3, -0.25) is 18.9 Å². The molecule has 3 rings (SSSR count). The highest BCUT2D eigenvalue weighted by Crippen LogP contribution is 2.18. The maximum Gasteiger partial charge on any atom is 0.258 e. The molecule has 1 aromatic carbocycles. The molecule has 0 saturated heterocycles. The Morgan fingerprint density at radius 1 is 1.20 bits per heavy atom. The van der Waals surface area contributed by atoms with Gasteiger partial charge in [0.25, 0.3) is 5.56 Å². The average Bonchev–Trinajstić information content (AvgIpc) is 2.70. The van der Waals surface area contributed by atoms with Crippen molar-refractivity contribution in [2.24, 2.45) is 0 Å². The molecule has 0 radical (unpaired) electrons. The van der Waals surface area contributed by atoms with Crippen LogP contribution in [-0.4, -0.2) is 47.0 Å². The number of fused-ring (bicyclic) bond motifs is 1.